The van der Waals surface area contributed by atoms with E-state index in [1.165, 1.54) is 0 Å². The molecule has 2 aromatic rings. The first-order valence-corrected chi connectivity index (χ1v) is 7.41. The minimum Gasteiger partial charge on any atom is -0.348 e. The minimum absolute atomic E-state index is 0.119. The summed E-state index contributed by atoms with van der Waals surface area (Å²) < 4.78 is 3.73. The molecule has 1 amide bonds. The standard InChI is InChI=1S/C16H23N5O/c1-6-21-12(3)14(9-18-21)7-8-16(22)17-10-15-11(2)19-20(5)13(15)4/h7-9H,6,10H2,1-5H3,(H,17,22)/b8-7-. The SMILES string of the molecule is CCn1ncc(/C=C\C(=O)NCc2c(C)nn(C)c2C)c1C. The highest BCUT2D eigenvalue weighted by Crippen LogP contribution is 2.11. The van der Waals surface area contributed by atoms with Gasteiger partial charge in [0.15, 0.2) is 0 Å². The van der Waals surface area contributed by atoms with Gasteiger partial charge in [0.2, 0.25) is 5.91 Å². The molecule has 0 aliphatic heterocycles. The van der Waals surface area contributed by atoms with Crippen molar-refractivity contribution in [3.63, 3.8) is 0 Å². The lowest BCUT2D eigenvalue weighted by Gasteiger charge is -2.03. The van der Waals surface area contributed by atoms with Crippen molar-refractivity contribution in [1.29, 1.82) is 0 Å². The van der Waals surface area contributed by atoms with Gasteiger partial charge in [-0.1, -0.05) is 0 Å². The molecule has 118 valence electrons. The molecule has 0 aliphatic carbocycles. The van der Waals surface area contributed by atoms with E-state index in [4.69, 9.17) is 0 Å². The van der Waals surface area contributed by atoms with Gasteiger partial charge in [-0.3, -0.25) is 14.2 Å². The number of rotatable bonds is 5. The van der Waals surface area contributed by atoms with Crippen molar-refractivity contribution in [2.45, 2.75) is 40.8 Å². The van der Waals surface area contributed by atoms with E-state index in [2.05, 4.69) is 15.5 Å². The third-order valence-corrected chi connectivity index (χ3v) is 3.95. The zero-order valence-electron chi connectivity index (χ0n) is 13.8. The van der Waals surface area contributed by atoms with E-state index in [1.807, 2.05) is 44.1 Å². The second kappa shape index (κ2) is 6.60. The van der Waals surface area contributed by atoms with Gasteiger partial charge in [-0.2, -0.15) is 10.2 Å². The quantitative estimate of drug-likeness (QED) is 0.858. The molecule has 0 aliphatic rings. The number of nitrogens with one attached hydrogen (secondary N) is 1. The van der Waals surface area contributed by atoms with E-state index in [0.29, 0.717) is 6.54 Å². The summed E-state index contributed by atoms with van der Waals surface area (Å²) in [4.78, 5) is 12.0. The lowest BCUT2D eigenvalue weighted by Crippen LogP contribution is -2.21. The molecule has 0 bridgehead atoms. The van der Waals surface area contributed by atoms with Gasteiger partial charge >= 0.3 is 0 Å². The van der Waals surface area contributed by atoms with Crippen molar-refractivity contribution < 1.29 is 4.79 Å². The third-order valence-electron chi connectivity index (χ3n) is 3.95. The first kappa shape index (κ1) is 16.0. The van der Waals surface area contributed by atoms with E-state index in [0.717, 1.165) is 34.8 Å². The Bertz CT molecular complexity index is 708. The lowest BCUT2D eigenvalue weighted by molar-refractivity contribution is -0.116. The first-order chi connectivity index (χ1) is 10.4. The number of aryl methyl sites for hydroxylation is 3. The molecule has 0 radical (unpaired) electrons. The average Bonchev–Trinajstić information content (AvgIpc) is 2.95. The molecule has 0 saturated heterocycles. The number of amides is 1. The Hall–Kier alpha value is -2.37. The highest BCUT2D eigenvalue weighted by atomic mass is 16.1. The van der Waals surface area contributed by atoms with Crippen LogP contribution < -0.4 is 5.32 Å². The normalized spacial score (nSPS) is 11.3. The second-order valence-corrected chi connectivity index (χ2v) is 5.33. The topological polar surface area (TPSA) is 64.7 Å². The number of aromatic nitrogens is 4. The van der Waals surface area contributed by atoms with Crippen molar-refractivity contribution in [3.05, 3.63) is 40.5 Å². The lowest BCUT2D eigenvalue weighted by atomic mass is 10.2. The van der Waals surface area contributed by atoms with Crippen molar-refractivity contribution in [2.75, 3.05) is 0 Å². The van der Waals surface area contributed by atoms with Crippen molar-refractivity contribution in [1.82, 2.24) is 24.9 Å². The number of carbonyl (C=O) groups excluding carboxylic acids is 1. The summed E-state index contributed by atoms with van der Waals surface area (Å²) in [6, 6.07) is 0. The predicted octanol–water partition coefficient (Wildman–Crippen LogP) is 1.89. The third kappa shape index (κ3) is 3.27. The molecular weight excluding hydrogens is 278 g/mol. The van der Waals surface area contributed by atoms with Gasteiger partial charge < -0.3 is 5.32 Å². The molecule has 6 heteroatoms. The van der Waals surface area contributed by atoms with E-state index in [1.54, 1.807) is 18.3 Å². The summed E-state index contributed by atoms with van der Waals surface area (Å²) in [5, 5.41) is 11.5. The van der Waals surface area contributed by atoms with Crippen LogP contribution in [0.15, 0.2) is 12.3 Å². The number of hydrogen-bond donors (Lipinski definition) is 1. The molecule has 0 saturated carbocycles. The van der Waals surface area contributed by atoms with Crippen molar-refractivity contribution >= 4 is 12.0 Å². The van der Waals surface area contributed by atoms with Gasteiger partial charge in [-0.25, -0.2) is 0 Å². The zero-order valence-corrected chi connectivity index (χ0v) is 13.8. The van der Waals surface area contributed by atoms with Gasteiger partial charge in [0.05, 0.1) is 11.9 Å². The van der Waals surface area contributed by atoms with E-state index in [-0.39, 0.29) is 5.91 Å². The monoisotopic (exact) mass is 301 g/mol. The minimum atomic E-state index is -0.119. The molecule has 0 atom stereocenters. The largest absolute Gasteiger partial charge is 0.348 e. The molecule has 0 unspecified atom stereocenters. The molecule has 0 spiro atoms. The smallest absolute Gasteiger partial charge is 0.244 e. The fourth-order valence-corrected chi connectivity index (χ4v) is 2.42. The number of carbonyl (C=O) groups is 1. The molecule has 0 aromatic carbocycles. The maximum Gasteiger partial charge on any atom is 0.244 e. The molecule has 0 fully saturated rings. The molecule has 2 aromatic heterocycles. The Kier molecular flexibility index (Phi) is 4.80. The Morgan fingerprint density at radius 1 is 1.32 bits per heavy atom. The second-order valence-electron chi connectivity index (χ2n) is 5.33. The number of hydrogen-bond acceptors (Lipinski definition) is 3. The van der Waals surface area contributed by atoms with Gasteiger partial charge in [0, 0.05) is 48.7 Å². The highest BCUT2D eigenvalue weighted by Gasteiger charge is 2.09. The fraction of sp³-hybridized carbons (Fsp3) is 0.438. The first-order valence-electron chi connectivity index (χ1n) is 7.41. The molecule has 1 N–H and O–H groups in total. The van der Waals surface area contributed by atoms with Crippen LogP contribution in [0.25, 0.3) is 6.08 Å². The maximum atomic E-state index is 12.0. The van der Waals surface area contributed by atoms with Crippen molar-refractivity contribution in [2.24, 2.45) is 7.05 Å². The Morgan fingerprint density at radius 2 is 2.05 bits per heavy atom. The van der Waals surface area contributed by atoms with Crippen LogP contribution in [0.4, 0.5) is 0 Å². The highest BCUT2D eigenvalue weighted by molar-refractivity contribution is 5.91. The summed E-state index contributed by atoms with van der Waals surface area (Å²) in [5.74, 6) is -0.119. The fourth-order valence-electron chi connectivity index (χ4n) is 2.42. The van der Waals surface area contributed by atoms with E-state index < -0.39 is 0 Å². The van der Waals surface area contributed by atoms with Gasteiger partial charge in [0.25, 0.3) is 0 Å². The van der Waals surface area contributed by atoms with Gasteiger partial charge in [-0.15, -0.1) is 0 Å². The van der Waals surface area contributed by atoms with Gasteiger partial charge in [0.1, 0.15) is 0 Å². The summed E-state index contributed by atoms with van der Waals surface area (Å²) >= 11 is 0. The van der Waals surface area contributed by atoms with Crippen molar-refractivity contribution in [3.8, 4) is 0 Å². The summed E-state index contributed by atoms with van der Waals surface area (Å²) in [5.41, 5.74) is 5.11. The predicted molar refractivity (Wildman–Crippen MR) is 86.2 cm³/mol. The Morgan fingerprint density at radius 3 is 2.59 bits per heavy atom. The molecule has 2 heterocycles. The van der Waals surface area contributed by atoms with Crippen LogP contribution in [0.2, 0.25) is 0 Å². The van der Waals surface area contributed by atoms with Crippen LogP contribution in [0.3, 0.4) is 0 Å². The maximum absolute atomic E-state index is 12.0. The summed E-state index contributed by atoms with van der Waals surface area (Å²) in [6.07, 6.45) is 5.12. The Labute approximate surface area is 130 Å². The van der Waals surface area contributed by atoms with Crippen LogP contribution in [0, 0.1) is 20.8 Å². The van der Waals surface area contributed by atoms with E-state index in [9.17, 15) is 4.79 Å². The van der Waals surface area contributed by atoms with Crippen LogP contribution in [-0.2, 0) is 24.9 Å². The van der Waals surface area contributed by atoms with Gasteiger partial charge in [-0.05, 0) is 33.8 Å². The van der Waals surface area contributed by atoms with Crippen LogP contribution >= 0.6 is 0 Å². The van der Waals surface area contributed by atoms with Crippen LogP contribution in [0.1, 0.15) is 35.1 Å². The zero-order chi connectivity index (χ0) is 16.3. The van der Waals surface area contributed by atoms with E-state index >= 15 is 0 Å². The molecular formula is C16H23N5O. The van der Waals surface area contributed by atoms with Crippen LogP contribution in [0.5, 0.6) is 0 Å². The number of nitrogens with zero attached hydrogens (tertiary/aromatic N) is 4. The summed E-state index contributed by atoms with van der Waals surface area (Å²) in [6.45, 7) is 9.30. The average molecular weight is 301 g/mol. The molecule has 22 heavy (non-hydrogen) atoms. The summed E-state index contributed by atoms with van der Waals surface area (Å²) in [7, 11) is 1.90. The van der Waals surface area contributed by atoms with Crippen LogP contribution in [-0.4, -0.2) is 25.5 Å². The molecule has 6 nitrogen and oxygen atoms in total. The molecule has 2 rings (SSSR count). The Balaban J connectivity index is 1.98.